The molecular formula is C21H26F3N3O7. The average molecular weight is 489 g/mol. The first kappa shape index (κ1) is 26.9. The number of amidine groups is 1. The summed E-state index contributed by atoms with van der Waals surface area (Å²) in [5.74, 6) is -5.10. The number of hydrogen-bond donors (Lipinski definition) is 0. The number of aliphatic imine (C=N–C) groups is 1. The van der Waals surface area contributed by atoms with Crippen LogP contribution in [-0.4, -0.2) is 51.8 Å². The summed E-state index contributed by atoms with van der Waals surface area (Å²) in [4.78, 5) is 39.7. The number of nitro benzene ring substituents is 1. The van der Waals surface area contributed by atoms with Crippen molar-refractivity contribution in [1.29, 1.82) is 0 Å². The van der Waals surface area contributed by atoms with Crippen molar-refractivity contribution in [2.24, 2.45) is 4.99 Å². The number of non-ortho nitro benzene ring substituents is 1. The normalized spacial score (nSPS) is 20.0. The molecule has 0 spiro atoms. The molecule has 13 heteroatoms. The Morgan fingerprint density at radius 3 is 2.06 bits per heavy atom. The molecule has 188 valence electrons. The SMILES string of the molecule is CC(C)(C)OC(=O)N(C(=O)OC(C)(C)C)C1=NC(C)(c2cc([N+](=O)[O-])ccc2F)C(F)(F)CO1. The minimum Gasteiger partial charge on any atom is -0.458 e. The minimum absolute atomic E-state index is 0.180. The minimum atomic E-state index is -3.89. The Hall–Kier alpha value is -3.38. The third-order valence-electron chi connectivity index (χ3n) is 4.44. The topological polar surface area (TPSA) is 121 Å². The quantitative estimate of drug-likeness (QED) is 0.416. The van der Waals surface area contributed by atoms with E-state index in [9.17, 15) is 24.1 Å². The van der Waals surface area contributed by atoms with Gasteiger partial charge in [-0.25, -0.2) is 19.0 Å². The lowest BCUT2D eigenvalue weighted by molar-refractivity contribution is -0.385. The van der Waals surface area contributed by atoms with E-state index in [1.54, 1.807) is 0 Å². The number of rotatable bonds is 2. The molecule has 1 heterocycles. The highest BCUT2D eigenvalue weighted by Gasteiger charge is 2.58. The van der Waals surface area contributed by atoms with Crippen LogP contribution in [0, 0.1) is 15.9 Å². The molecule has 10 nitrogen and oxygen atoms in total. The number of nitrogens with zero attached hydrogens (tertiary/aromatic N) is 3. The van der Waals surface area contributed by atoms with E-state index in [1.165, 1.54) is 41.5 Å². The number of amides is 2. The molecule has 0 aliphatic carbocycles. The lowest BCUT2D eigenvalue weighted by Gasteiger charge is -2.39. The Bertz CT molecular complexity index is 1000. The summed E-state index contributed by atoms with van der Waals surface area (Å²) in [5.41, 5.74) is -6.50. The van der Waals surface area contributed by atoms with Crippen LogP contribution in [0.1, 0.15) is 54.0 Å². The predicted molar refractivity (Wildman–Crippen MR) is 113 cm³/mol. The maximum atomic E-state index is 15.0. The number of benzene rings is 1. The molecule has 1 aliphatic rings. The van der Waals surface area contributed by atoms with Gasteiger partial charge in [0.2, 0.25) is 0 Å². The summed E-state index contributed by atoms with van der Waals surface area (Å²) in [6, 6.07) is 1.13. The zero-order valence-electron chi connectivity index (χ0n) is 19.8. The van der Waals surface area contributed by atoms with Crippen LogP contribution in [0.5, 0.6) is 0 Å². The second-order valence-electron chi connectivity index (χ2n) is 9.68. The molecule has 1 unspecified atom stereocenters. The van der Waals surface area contributed by atoms with Crippen molar-refractivity contribution in [2.45, 2.75) is 71.1 Å². The van der Waals surface area contributed by atoms with Crippen molar-refractivity contribution in [3.63, 3.8) is 0 Å². The fourth-order valence-electron chi connectivity index (χ4n) is 2.82. The van der Waals surface area contributed by atoms with Crippen molar-refractivity contribution in [2.75, 3.05) is 6.61 Å². The molecule has 0 saturated heterocycles. The number of halogens is 3. The molecule has 1 aromatic rings. The van der Waals surface area contributed by atoms with Crippen molar-refractivity contribution in [3.05, 3.63) is 39.7 Å². The van der Waals surface area contributed by atoms with Gasteiger partial charge in [0.25, 0.3) is 5.69 Å². The second kappa shape index (κ2) is 8.76. The van der Waals surface area contributed by atoms with Gasteiger partial charge in [0.1, 0.15) is 17.0 Å². The Morgan fingerprint density at radius 1 is 1.12 bits per heavy atom. The molecule has 2 amide bonds. The summed E-state index contributed by atoms with van der Waals surface area (Å²) < 4.78 is 59.9. The Kier molecular flexibility index (Phi) is 6.92. The summed E-state index contributed by atoms with van der Waals surface area (Å²) >= 11 is 0. The van der Waals surface area contributed by atoms with Gasteiger partial charge in [0, 0.05) is 17.7 Å². The number of carbonyl (C=O) groups is 2. The maximum Gasteiger partial charge on any atom is 0.428 e. The van der Waals surface area contributed by atoms with Crippen LogP contribution in [-0.2, 0) is 19.7 Å². The lowest BCUT2D eigenvalue weighted by atomic mass is 9.85. The number of alkyl halides is 2. The molecule has 0 radical (unpaired) electrons. The third-order valence-corrected chi connectivity index (χ3v) is 4.44. The van der Waals surface area contributed by atoms with Crippen LogP contribution in [0.4, 0.5) is 28.4 Å². The number of hydrogen-bond acceptors (Lipinski definition) is 8. The van der Waals surface area contributed by atoms with Crippen molar-refractivity contribution in [3.8, 4) is 0 Å². The molecule has 1 aromatic carbocycles. The van der Waals surface area contributed by atoms with Crippen LogP contribution in [0.25, 0.3) is 0 Å². The van der Waals surface area contributed by atoms with E-state index in [0.29, 0.717) is 12.1 Å². The van der Waals surface area contributed by atoms with Gasteiger partial charge >= 0.3 is 24.1 Å². The summed E-state index contributed by atoms with van der Waals surface area (Å²) in [5, 5.41) is 11.1. The Morgan fingerprint density at radius 2 is 1.62 bits per heavy atom. The average Bonchev–Trinajstić information content (AvgIpc) is 2.62. The molecule has 2 rings (SSSR count). The number of imide groups is 1. The number of carbonyl (C=O) groups excluding carboxylic acids is 2. The largest absolute Gasteiger partial charge is 0.458 e. The van der Waals surface area contributed by atoms with Crippen molar-refractivity contribution < 1.29 is 41.9 Å². The zero-order valence-corrected chi connectivity index (χ0v) is 19.8. The van der Waals surface area contributed by atoms with Crippen molar-refractivity contribution >= 4 is 23.9 Å². The Balaban J connectivity index is 2.70. The second-order valence-corrected chi connectivity index (χ2v) is 9.68. The van der Waals surface area contributed by atoms with Crippen LogP contribution >= 0.6 is 0 Å². The van der Waals surface area contributed by atoms with E-state index in [-0.39, 0.29) is 4.90 Å². The van der Waals surface area contributed by atoms with Gasteiger partial charge in [-0.2, -0.15) is 8.78 Å². The fourth-order valence-corrected chi connectivity index (χ4v) is 2.82. The molecule has 0 aromatic heterocycles. The molecule has 0 bridgehead atoms. The predicted octanol–water partition coefficient (Wildman–Crippen LogP) is 5.14. The smallest absolute Gasteiger partial charge is 0.428 e. The van der Waals surface area contributed by atoms with E-state index in [1.807, 2.05) is 0 Å². The van der Waals surface area contributed by atoms with Gasteiger partial charge in [-0.1, -0.05) is 0 Å². The molecule has 0 fully saturated rings. The van der Waals surface area contributed by atoms with Gasteiger partial charge in [-0.3, -0.25) is 10.1 Å². The zero-order chi connectivity index (χ0) is 26.3. The van der Waals surface area contributed by atoms with E-state index in [4.69, 9.17) is 14.2 Å². The van der Waals surface area contributed by atoms with Crippen molar-refractivity contribution in [1.82, 2.24) is 4.90 Å². The molecular weight excluding hydrogens is 463 g/mol. The maximum absolute atomic E-state index is 15.0. The number of ether oxygens (including phenoxy) is 3. The third kappa shape index (κ3) is 5.75. The monoisotopic (exact) mass is 489 g/mol. The van der Waals surface area contributed by atoms with Gasteiger partial charge in [-0.05, 0) is 54.5 Å². The molecule has 1 aliphatic heterocycles. The van der Waals surface area contributed by atoms with Crippen LogP contribution in [0.3, 0.4) is 0 Å². The fraction of sp³-hybridized carbons (Fsp3) is 0.571. The van der Waals surface area contributed by atoms with E-state index in [0.717, 1.165) is 13.0 Å². The molecule has 0 saturated carbocycles. The van der Waals surface area contributed by atoms with Crippen LogP contribution < -0.4 is 0 Å². The summed E-state index contributed by atoms with van der Waals surface area (Å²) in [6.45, 7) is 8.37. The standard InChI is InChI=1S/C21H26F3N3O7/c1-18(2,3)33-16(28)26(17(29)34-19(4,5)6)15-25-20(7,21(23,24)11-32-15)13-10-12(27(30)31)8-9-14(13)22/h8-10H,11H2,1-7H3. The highest BCUT2D eigenvalue weighted by atomic mass is 19.3. The first-order valence-corrected chi connectivity index (χ1v) is 10.1. The summed E-state index contributed by atoms with van der Waals surface area (Å²) in [7, 11) is 0. The Labute approximate surface area is 193 Å². The highest BCUT2D eigenvalue weighted by Crippen LogP contribution is 2.45. The van der Waals surface area contributed by atoms with Gasteiger partial charge in [-0.15, -0.1) is 4.90 Å². The van der Waals surface area contributed by atoms with E-state index in [2.05, 4.69) is 4.99 Å². The summed E-state index contributed by atoms with van der Waals surface area (Å²) in [6.07, 6.45) is -2.68. The van der Waals surface area contributed by atoms with Crippen LogP contribution in [0.15, 0.2) is 23.2 Å². The number of nitro groups is 1. The highest BCUT2D eigenvalue weighted by molar-refractivity contribution is 6.06. The lowest BCUT2D eigenvalue weighted by Crippen LogP contribution is -2.56. The van der Waals surface area contributed by atoms with Crippen LogP contribution in [0.2, 0.25) is 0 Å². The van der Waals surface area contributed by atoms with E-state index >= 15 is 8.78 Å². The first-order valence-electron chi connectivity index (χ1n) is 10.1. The molecule has 1 atom stereocenters. The van der Waals surface area contributed by atoms with E-state index < -0.39 is 69.5 Å². The molecule has 0 N–H and O–H groups in total. The first-order chi connectivity index (χ1) is 15.3. The van der Waals surface area contributed by atoms with Gasteiger partial charge in [0.15, 0.2) is 12.1 Å². The van der Waals surface area contributed by atoms with Gasteiger partial charge < -0.3 is 14.2 Å². The molecule has 34 heavy (non-hydrogen) atoms. The van der Waals surface area contributed by atoms with Gasteiger partial charge in [0.05, 0.1) is 4.92 Å².